The summed E-state index contributed by atoms with van der Waals surface area (Å²) >= 11 is 0. The van der Waals surface area contributed by atoms with Gasteiger partial charge in [-0.1, -0.05) is 6.47 Å². The van der Waals surface area contributed by atoms with Crippen LogP contribution in [0, 0.1) is 0 Å². The molecule has 0 saturated carbocycles. The summed E-state index contributed by atoms with van der Waals surface area (Å²) in [4.78, 5) is 8.83. The molecule has 0 aliphatic rings. The van der Waals surface area contributed by atoms with Crippen molar-refractivity contribution in [1.29, 1.82) is 0 Å². The SMILES string of the molecule is CO[C-]=O.[Y].[Y].[Y]. The van der Waals surface area contributed by atoms with Crippen molar-refractivity contribution < 1.29 is 108 Å². The van der Waals surface area contributed by atoms with E-state index in [1.807, 2.05) is 0 Å². The molecule has 0 N–H and O–H groups in total. The molecule has 7 heavy (non-hydrogen) atoms. The molecule has 3 radical (unpaired) electrons. The van der Waals surface area contributed by atoms with Crippen molar-refractivity contribution in [3.8, 4) is 0 Å². The van der Waals surface area contributed by atoms with Crippen LogP contribution in [0.15, 0.2) is 0 Å². The summed E-state index contributed by atoms with van der Waals surface area (Å²) < 4.78 is 3.74. The Morgan fingerprint density at radius 3 is 1.43 bits per heavy atom. The number of ether oxygens (including phenoxy) is 1. The minimum Gasteiger partial charge on any atom is -0.655 e. The molecule has 5 heteroatoms. The number of hydrogen-bond donors (Lipinski definition) is 0. The summed E-state index contributed by atoms with van der Waals surface area (Å²) in [5, 5.41) is 0. The minimum absolute atomic E-state index is 0. The zero-order valence-electron chi connectivity index (χ0n) is 4.05. The zero-order chi connectivity index (χ0) is 3.41. The molecule has 0 aromatic carbocycles. The van der Waals surface area contributed by atoms with E-state index in [1.54, 1.807) is 0 Å². The predicted octanol–water partition coefficient (Wildman–Crippen LogP) is -0.307. The monoisotopic (exact) mass is 326 g/mol. The van der Waals surface area contributed by atoms with Crippen molar-refractivity contribution in [2.24, 2.45) is 0 Å². The minimum atomic E-state index is 0. The first kappa shape index (κ1) is 22.6. The van der Waals surface area contributed by atoms with Crippen LogP contribution in [0.1, 0.15) is 0 Å². The molecule has 33 valence electrons. The van der Waals surface area contributed by atoms with Gasteiger partial charge in [0.1, 0.15) is 0 Å². The summed E-state index contributed by atoms with van der Waals surface area (Å²) in [6, 6.07) is 0. The summed E-state index contributed by atoms with van der Waals surface area (Å²) in [5.74, 6) is 0. The van der Waals surface area contributed by atoms with Gasteiger partial charge in [0.15, 0.2) is 0 Å². The van der Waals surface area contributed by atoms with Crippen LogP contribution >= 0.6 is 0 Å². The van der Waals surface area contributed by atoms with Crippen LogP contribution in [-0.2, 0) is 108 Å². The molecule has 0 aromatic heterocycles. The molecule has 0 fully saturated rings. The van der Waals surface area contributed by atoms with Crippen molar-refractivity contribution >= 4 is 6.47 Å². The van der Waals surface area contributed by atoms with Gasteiger partial charge in [-0.05, 0) is 0 Å². The van der Waals surface area contributed by atoms with E-state index >= 15 is 0 Å². The Balaban J connectivity index is -0.0000000150. The fraction of sp³-hybridized carbons (Fsp3) is 0.500. The predicted molar refractivity (Wildman–Crippen MR) is 12.7 cm³/mol. The molecule has 0 aromatic rings. The smallest absolute Gasteiger partial charge is 0.0362 e. The van der Waals surface area contributed by atoms with Crippen molar-refractivity contribution in [1.82, 2.24) is 0 Å². The Kier molecular flexibility index (Phi) is 75.0. The maximum atomic E-state index is 8.83. The quantitative estimate of drug-likeness (QED) is 0.619. The number of methoxy groups -OCH3 is 1. The van der Waals surface area contributed by atoms with Crippen LogP contribution in [0.25, 0.3) is 0 Å². The largest absolute Gasteiger partial charge is 0.655 e. The van der Waals surface area contributed by atoms with Gasteiger partial charge in [0.05, 0.1) is 0 Å². The van der Waals surface area contributed by atoms with Gasteiger partial charge in [0.25, 0.3) is 0 Å². The van der Waals surface area contributed by atoms with Gasteiger partial charge < -0.3 is 9.53 Å². The third kappa shape index (κ3) is 28.2. The first-order valence-corrected chi connectivity index (χ1v) is 0.816. The molecule has 0 atom stereocenters. The molecule has 2 nitrogen and oxygen atoms in total. The summed E-state index contributed by atoms with van der Waals surface area (Å²) in [7, 11) is 1.26. The van der Waals surface area contributed by atoms with E-state index in [0.717, 1.165) is 0 Å². The molecule has 0 saturated heterocycles. The maximum Gasteiger partial charge on any atom is 0.0362 e. The van der Waals surface area contributed by atoms with Gasteiger partial charge in [-0.2, -0.15) is 0 Å². The van der Waals surface area contributed by atoms with E-state index in [0.29, 0.717) is 0 Å². The van der Waals surface area contributed by atoms with Crippen LogP contribution in [0.3, 0.4) is 0 Å². The van der Waals surface area contributed by atoms with Gasteiger partial charge >= 0.3 is 0 Å². The maximum absolute atomic E-state index is 8.83. The van der Waals surface area contributed by atoms with E-state index < -0.39 is 0 Å². The Hall–Kier alpha value is 2.78. The van der Waals surface area contributed by atoms with Crippen molar-refractivity contribution in [2.45, 2.75) is 0 Å². The van der Waals surface area contributed by atoms with Crippen molar-refractivity contribution in [3.63, 3.8) is 0 Å². The Bertz CT molecular complexity index is 24.9. The first-order chi connectivity index (χ1) is 1.91. The fourth-order valence-corrected chi connectivity index (χ4v) is 0. The van der Waals surface area contributed by atoms with Crippen LogP contribution in [-0.4, -0.2) is 13.6 Å². The number of hydrogen-bond acceptors (Lipinski definition) is 2. The van der Waals surface area contributed by atoms with Gasteiger partial charge in [-0.15, -0.1) is 0 Å². The first-order valence-electron chi connectivity index (χ1n) is 0.816. The third-order valence-electron chi connectivity index (χ3n) is 0.0833. The molecule has 0 amide bonds. The molecule has 0 aliphatic heterocycles. The van der Waals surface area contributed by atoms with Crippen LogP contribution < -0.4 is 0 Å². The second-order valence-electron chi connectivity index (χ2n) is 0.287. The normalized spacial score (nSPS) is 3.00. The average Bonchev–Trinajstić information content (AvgIpc) is 1.37. The van der Waals surface area contributed by atoms with Crippen LogP contribution in [0.4, 0.5) is 0 Å². The van der Waals surface area contributed by atoms with Crippen molar-refractivity contribution in [3.05, 3.63) is 0 Å². The average molecular weight is 326 g/mol. The van der Waals surface area contributed by atoms with E-state index in [1.165, 1.54) is 13.6 Å². The molecule has 0 bridgehead atoms. The Morgan fingerprint density at radius 1 is 1.29 bits per heavy atom. The number of rotatable bonds is 1. The molecular weight excluding hydrogens is 323 g/mol. The summed E-state index contributed by atoms with van der Waals surface area (Å²) in [5.41, 5.74) is 0. The number of carbonyl (C=O) groups excluding carboxylic acids is 1. The van der Waals surface area contributed by atoms with E-state index in [-0.39, 0.29) is 98.1 Å². The molecule has 0 aliphatic carbocycles. The molecule has 0 spiro atoms. The fourth-order valence-electron chi connectivity index (χ4n) is 0. The van der Waals surface area contributed by atoms with Gasteiger partial charge in [-0.3, -0.25) is 0 Å². The molecule has 0 heterocycles. The standard InChI is InChI=1S/C2H3O2.3Y/c1-4-2-3;;;/h1H3;;;/q-1;;;. The van der Waals surface area contributed by atoms with Gasteiger partial charge in [0, 0.05) is 105 Å². The van der Waals surface area contributed by atoms with Gasteiger partial charge in [0.2, 0.25) is 0 Å². The summed E-state index contributed by atoms with van der Waals surface area (Å²) in [6.45, 7) is 1.18. The molecular formula is C2H3O2Y3-. The second kappa shape index (κ2) is 23.3. The van der Waals surface area contributed by atoms with Gasteiger partial charge in [-0.25, -0.2) is 0 Å². The van der Waals surface area contributed by atoms with Crippen molar-refractivity contribution in [2.75, 3.05) is 7.11 Å². The topological polar surface area (TPSA) is 26.3 Å². The van der Waals surface area contributed by atoms with E-state index in [2.05, 4.69) is 4.74 Å². The van der Waals surface area contributed by atoms with Crippen LogP contribution in [0.5, 0.6) is 0 Å². The third-order valence-corrected chi connectivity index (χ3v) is 0.0833. The second-order valence-corrected chi connectivity index (χ2v) is 0.287. The van der Waals surface area contributed by atoms with E-state index in [4.69, 9.17) is 4.79 Å². The zero-order valence-corrected chi connectivity index (χ0v) is 12.6. The van der Waals surface area contributed by atoms with Crippen LogP contribution in [0.2, 0.25) is 0 Å². The Morgan fingerprint density at radius 2 is 1.43 bits per heavy atom. The molecule has 0 unspecified atom stereocenters. The molecule has 0 rings (SSSR count). The Labute approximate surface area is 119 Å². The van der Waals surface area contributed by atoms with E-state index in [9.17, 15) is 0 Å². The summed E-state index contributed by atoms with van der Waals surface area (Å²) in [6.07, 6.45) is 0.